The molecular weight excluding hydrogens is 602 g/mol. The largest absolute Gasteiger partial charge is 0.445 e. The van der Waals surface area contributed by atoms with Gasteiger partial charge in [0.1, 0.15) is 12.6 Å². The number of nitrogens with one attached hydrogen (secondary N) is 3. The first-order valence-corrected chi connectivity index (χ1v) is 15.6. The number of carbonyl (C=O) groups is 5. The molecule has 4 rings (SSSR count). The van der Waals surface area contributed by atoms with Gasteiger partial charge in [0.2, 0.25) is 23.4 Å². The van der Waals surface area contributed by atoms with Crippen molar-refractivity contribution in [1.82, 2.24) is 20.9 Å². The van der Waals surface area contributed by atoms with Crippen LogP contribution in [0.2, 0.25) is 0 Å². The predicted molar refractivity (Wildman–Crippen MR) is 173 cm³/mol. The second-order valence-corrected chi connectivity index (χ2v) is 11.4. The van der Waals surface area contributed by atoms with Crippen LogP contribution in [0.25, 0.3) is 0 Å². The Labute approximate surface area is 273 Å². The lowest BCUT2D eigenvalue weighted by Gasteiger charge is -2.36. The summed E-state index contributed by atoms with van der Waals surface area (Å²) in [6.45, 7) is 0.0795. The quantitative estimate of drug-likeness (QED) is 0.168. The summed E-state index contributed by atoms with van der Waals surface area (Å²) in [5.41, 5.74) is 5.65. The van der Waals surface area contributed by atoms with E-state index in [0.29, 0.717) is 24.8 Å². The molecule has 0 bridgehead atoms. The summed E-state index contributed by atoms with van der Waals surface area (Å²) in [4.78, 5) is 65.9. The molecule has 3 aromatic rings. The number of hydrogen-bond acceptors (Lipinski definition) is 7. The zero-order valence-electron chi connectivity index (χ0n) is 26.1. The van der Waals surface area contributed by atoms with Crippen molar-refractivity contribution in [3.8, 4) is 0 Å². The van der Waals surface area contributed by atoms with E-state index in [4.69, 9.17) is 10.5 Å². The summed E-state index contributed by atoms with van der Waals surface area (Å²) in [6.07, 6.45) is 0.157. The molecule has 0 aromatic heterocycles. The van der Waals surface area contributed by atoms with Crippen molar-refractivity contribution in [3.63, 3.8) is 0 Å². The predicted octanol–water partition coefficient (Wildman–Crippen LogP) is 1.94. The molecule has 5 amide bonds. The number of primary amides is 1. The molecule has 3 atom stereocenters. The molecule has 12 heteroatoms. The second kappa shape index (κ2) is 16.9. The van der Waals surface area contributed by atoms with Crippen LogP contribution in [0.3, 0.4) is 0 Å². The molecule has 47 heavy (non-hydrogen) atoms. The Balaban J connectivity index is 1.45. The number of alkyl carbamates (subject to hydrolysis) is 1. The van der Waals surface area contributed by atoms with Crippen LogP contribution >= 0.6 is 0 Å². The van der Waals surface area contributed by atoms with E-state index in [0.717, 1.165) is 16.0 Å². The van der Waals surface area contributed by atoms with Crippen LogP contribution in [0.4, 0.5) is 4.79 Å². The maximum absolute atomic E-state index is 13.6. The Morgan fingerprint density at radius 3 is 2.04 bits per heavy atom. The van der Waals surface area contributed by atoms with Gasteiger partial charge in [0.05, 0.1) is 12.5 Å². The maximum Gasteiger partial charge on any atom is 0.408 e. The van der Waals surface area contributed by atoms with Crippen molar-refractivity contribution in [2.75, 3.05) is 13.1 Å². The summed E-state index contributed by atoms with van der Waals surface area (Å²) in [7, 11) is 0. The number of aryl methyl sites for hydroxylation is 1. The molecular formula is C35H41N5O7. The number of nitrogens with zero attached hydrogens (tertiary/aromatic N) is 1. The number of hydrogen-bond donors (Lipinski definition) is 5. The minimum Gasteiger partial charge on any atom is -0.445 e. The molecule has 248 valence electrons. The van der Waals surface area contributed by atoms with Gasteiger partial charge in [-0.3, -0.25) is 19.2 Å². The number of benzene rings is 3. The summed E-state index contributed by atoms with van der Waals surface area (Å²) < 4.78 is 5.19. The van der Waals surface area contributed by atoms with Crippen molar-refractivity contribution in [2.45, 2.75) is 62.9 Å². The zero-order chi connectivity index (χ0) is 33.6. The number of nitrogens with two attached hydrogens (primary N) is 1. The fraction of sp³-hybridized carbons (Fsp3) is 0.343. The van der Waals surface area contributed by atoms with Gasteiger partial charge in [-0.2, -0.15) is 0 Å². The highest BCUT2D eigenvalue weighted by Gasteiger charge is 2.56. The average molecular weight is 644 g/mol. The highest BCUT2D eigenvalue weighted by atomic mass is 16.5. The second-order valence-electron chi connectivity index (χ2n) is 11.4. The van der Waals surface area contributed by atoms with Crippen LogP contribution in [-0.2, 0) is 43.4 Å². The number of amides is 5. The lowest BCUT2D eigenvalue weighted by Crippen LogP contribution is -2.67. The van der Waals surface area contributed by atoms with Gasteiger partial charge in [-0.1, -0.05) is 91.0 Å². The first-order valence-electron chi connectivity index (χ1n) is 15.6. The van der Waals surface area contributed by atoms with E-state index in [9.17, 15) is 29.1 Å². The lowest BCUT2D eigenvalue weighted by molar-refractivity contribution is -0.172. The van der Waals surface area contributed by atoms with Crippen LogP contribution in [0.5, 0.6) is 0 Å². The number of aliphatic hydroxyl groups is 1. The van der Waals surface area contributed by atoms with Gasteiger partial charge in [-0.25, -0.2) is 4.79 Å². The van der Waals surface area contributed by atoms with E-state index in [1.165, 1.54) is 0 Å². The standard InChI is InChI=1S/C35H41N5O7/c36-30(41)23-28(38-34(45)47-24-27-15-8-3-9-16-27)32(43)39-29-20-22-40(31(42)18-10-17-25-11-4-1-5-12-25)35(29,46)33(44)37-21-19-26-13-6-2-7-14-26/h1-9,11-16,28-29,46H,10,17-24H2,(H2,36,41)(H,37,44)(H,38,45)(H,39,43)/t28-,29-,35-/m0/s1. The number of ether oxygens (including phenoxy) is 1. The minimum absolute atomic E-state index is 0.00917. The molecule has 1 aliphatic rings. The Kier molecular flexibility index (Phi) is 12.5. The Bertz CT molecular complexity index is 1510. The van der Waals surface area contributed by atoms with Gasteiger partial charge in [-0.05, 0) is 42.4 Å². The zero-order valence-corrected chi connectivity index (χ0v) is 26.1. The molecule has 1 aliphatic heterocycles. The monoisotopic (exact) mass is 643 g/mol. The summed E-state index contributed by atoms with van der Waals surface area (Å²) >= 11 is 0. The molecule has 0 radical (unpaired) electrons. The minimum atomic E-state index is -2.43. The van der Waals surface area contributed by atoms with Crippen molar-refractivity contribution >= 4 is 29.7 Å². The molecule has 1 saturated heterocycles. The van der Waals surface area contributed by atoms with Crippen molar-refractivity contribution in [1.29, 1.82) is 0 Å². The van der Waals surface area contributed by atoms with Gasteiger partial charge in [0.15, 0.2) is 0 Å². The SMILES string of the molecule is NC(=O)C[C@H](NC(=O)OCc1ccccc1)C(=O)N[C@H]1CCN(C(=O)CCCc2ccccc2)[C@@]1(O)C(=O)NCCc1ccccc1. The van der Waals surface area contributed by atoms with Gasteiger partial charge >= 0.3 is 6.09 Å². The van der Waals surface area contributed by atoms with Gasteiger partial charge in [-0.15, -0.1) is 0 Å². The van der Waals surface area contributed by atoms with E-state index < -0.39 is 54.0 Å². The molecule has 0 unspecified atom stereocenters. The number of carbonyl (C=O) groups excluding carboxylic acids is 5. The Hall–Kier alpha value is -5.23. The normalized spacial score (nSPS) is 17.7. The summed E-state index contributed by atoms with van der Waals surface area (Å²) in [5.74, 6) is -3.05. The van der Waals surface area contributed by atoms with E-state index >= 15 is 0 Å². The summed E-state index contributed by atoms with van der Waals surface area (Å²) in [6, 6.07) is 25.2. The molecule has 12 nitrogen and oxygen atoms in total. The van der Waals surface area contributed by atoms with Crippen molar-refractivity contribution < 1.29 is 33.8 Å². The Morgan fingerprint density at radius 2 is 1.45 bits per heavy atom. The van der Waals surface area contributed by atoms with Crippen LogP contribution in [0.15, 0.2) is 91.0 Å². The third kappa shape index (κ3) is 9.88. The van der Waals surface area contributed by atoms with E-state index in [1.807, 2.05) is 66.7 Å². The molecule has 3 aromatic carbocycles. The molecule has 6 N–H and O–H groups in total. The molecule has 1 fully saturated rings. The summed E-state index contributed by atoms with van der Waals surface area (Å²) in [5, 5.41) is 19.6. The van der Waals surface area contributed by atoms with E-state index in [-0.39, 0.29) is 32.5 Å². The highest BCUT2D eigenvalue weighted by molar-refractivity contribution is 5.94. The third-order valence-corrected chi connectivity index (χ3v) is 7.96. The van der Waals surface area contributed by atoms with Crippen LogP contribution in [0.1, 0.15) is 42.4 Å². The number of likely N-dealkylation sites (tertiary alicyclic amines) is 1. The lowest BCUT2D eigenvalue weighted by atomic mass is 10.0. The van der Waals surface area contributed by atoms with Crippen LogP contribution < -0.4 is 21.7 Å². The molecule has 0 spiro atoms. The van der Waals surface area contributed by atoms with Crippen molar-refractivity contribution in [2.24, 2.45) is 5.73 Å². The maximum atomic E-state index is 13.6. The fourth-order valence-electron chi connectivity index (χ4n) is 5.49. The van der Waals surface area contributed by atoms with Crippen molar-refractivity contribution in [3.05, 3.63) is 108 Å². The smallest absolute Gasteiger partial charge is 0.408 e. The highest BCUT2D eigenvalue weighted by Crippen LogP contribution is 2.29. The van der Waals surface area contributed by atoms with Crippen LogP contribution in [0, 0.1) is 0 Å². The molecule has 0 saturated carbocycles. The topological polar surface area (TPSA) is 180 Å². The average Bonchev–Trinajstić information content (AvgIpc) is 3.41. The third-order valence-electron chi connectivity index (χ3n) is 7.96. The first-order chi connectivity index (χ1) is 22.7. The van der Waals surface area contributed by atoms with E-state index in [1.54, 1.807) is 24.3 Å². The number of rotatable bonds is 15. The molecule has 1 heterocycles. The first kappa shape index (κ1) is 34.6. The van der Waals surface area contributed by atoms with Gasteiger partial charge in [0.25, 0.3) is 5.91 Å². The molecule has 0 aliphatic carbocycles. The van der Waals surface area contributed by atoms with Gasteiger partial charge < -0.3 is 36.4 Å². The van der Waals surface area contributed by atoms with Gasteiger partial charge in [0, 0.05) is 19.5 Å². The Morgan fingerprint density at radius 1 is 0.872 bits per heavy atom. The fourth-order valence-corrected chi connectivity index (χ4v) is 5.49. The van der Waals surface area contributed by atoms with Crippen LogP contribution in [-0.4, -0.2) is 70.6 Å². The van der Waals surface area contributed by atoms with E-state index in [2.05, 4.69) is 16.0 Å².